The molecule has 1 aromatic rings. The van der Waals surface area contributed by atoms with Crippen LogP contribution in [0.1, 0.15) is 11.6 Å². The molecule has 0 aliphatic heterocycles. The highest BCUT2D eigenvalue weighted by Gasteiger charge is 2.21. The summed E-state index contributed by atoms with van der Waals surface area (Å²) in [5.41, 5.74) is 0.383. The molecule has 0 aliphatic carbocycles. The Labute approximate surface area is 91.9 Å². The lowest BCUT2D eigenvalue weighted by atomic mass is 10.1. The molecule has 0 fully saturated rings. The van der Waals surface area contributed by atoms with E-state index in [0.29, 0.717) is 5.56 Å². The minimum absolute atomic E-state index is 0.0350. The molecule has 2 amide bonds. The number of phenolic OH excluding ortho intramolecular Hbond substituents is 1. The van der Waals surface area contributed by atoms with Gasteiger partial charge in [-0.25, -0.2) is 9.59 Å². The van der Waals surface area contributed by atoms with Crippen molar-refractivity contribution in [2.75, 3.05) is 7.05 Å². The van der Waals surface area contributed by atoms with Crippen molar-refractivity contribution in [3.8, 4) is 5.75 Å². The van der Waals surface area contributed by atoms with Crippen LogP contribution in [0.5, 0.6) is 5.75 Å². The SMILES string of the molecule is CNC(=O)NC(C(=O)O)c1ccc(O)cc1. The first-order valence-electron chi connectivity index (χ1n) is 4.54. The van der Waals surface area contributed by atoms with Crippen LogP contribution in [0.4, 0.5) is 4.79 Å². The fourth-order valence-corrected chi connectivity index (χ4v) is 1.16. The second kappa shape index (κ2) is 5.01. The normalized spacial score (nSPS) is 11.6. The summed E-state index contributed by atoms with van der Waals surface area (Å²) >= 11 is 0. The third-order valence-electron chi connectivity index (χ3n) is 1.98. The Bertz CT molecular complexity index is 388. The summed E-state index contributed by atoms with van der Waals surface area (Å²) in [7, 11) is 1.39. The molecule has 16 heavy (non-hydrogen) atoms. The number of amides is 2. The van der Waals surface area contributed by atoms with Crippen molar-refractivity contribution in [3.63, 3.8) is 0 Å². The molecule has 0 radical (unpaired) electrons. The van der Waals surface area contributed by atoms with Crippen molar-refractivity contribution in [3.05, 3.63) is 29.8 Å². The van der Waals surface area contributed by atoms with Gasteiger partial charge in [0.05, 0.1) is 0 Å². The zero-order valence-corrected chi connectivity index (χ0v) is 8.60. The molecule has 0 saturated heterocycles. The van der Waals surface area contributed by atoms with Crippen molar-refractivity contribution in [1.29, 1.82) is 0 Å². The molecule has 1 unspecified atom stereocenters. The molecule has 1 aromatic carbocycles. The highest BCUT2D eigenvalue weighted by Crippen LogP contribution is 2.16. The first kappa shape index (κ1) is 11.8. The zero-order valence-electron chi connectivity index (χ0n) is 8.60. The molecule has 1 atom stereocenters. The molecule has 0 saturated carbocycles. The number of nitrogens with one attached hydrogen (secondary N) is 2. The fraction of sp³-hybridized carbons (Fsp3) is 0.200. The first-order chi connectivity index (χ1) is 7.54. The van der Waals surface area contributed by atoms with Crippen LogP contribution in [0.15, 0.2) is 24.3 Å². The van der Waals surface area contributed by atoms with E-state index < -0.39 is 18.0 Å². The number of aromatic hydroxyl groups is 1. The number of carboxylic acid groups (broad SMARTS) is 1. The number of carbonyl (C=O) groups is 2. The van der Waals surface area contributed by atoms with Crippen LogP contribution in [0.2, 0.25) is 0 Å². The molecule has 6 heteroatoms. The van der Waals surface area contributed by atoms with Crippen LogP contribution in [0.3, 0.4) is 0 Å². The second-order valence-corrected chi connectivity index (χ2v) is 3.09. The number of carbonyl (C=O) groups excluding carboxylic acids is 1. The molecule has 0 aliphatic rings. The first-order valence-corrected chi connectivity index (χ1v) is 4.54. The minimum Gasteiger partial charge on any atom is -0.508 e. The Morgan fingerprint density at radius 1 is 1.25 bits per heavy atom. The molecule has 1 rings (SSSR count). The van der Waals surface area contributed by atoms with Gasteiger partial charge in [0, 0.05) is 7.05 Å². The van der Waals surface area contributed by atoms with Gasteiger partial charge in [0.2, 0.25) is 0 Å². The second-order valence-electron chi connectivity index (χ2n) is 3.09. The summed E-state index contributed by atoms with van der Waals surface area (Å²) in [5, 5.41) is 22.5. The number of hydrogen-bond donors (Lipinski definition) is 4. The standard InChI is InChI=1S/C10H12N2O4/c1-11-10(16)12-8(9(14)15)6-2-4-7(13)5-3-6/h2-5,8,13H,1H3,(H,14,15)(H2,11,12,16). The summed E-state index contributed by atoms with van der Waals surface area (Å²) in [5.74, 6) is -1.14. The van der Waals surface area contributed by atoms with Gasteiger partial charge >= 0.3 is 12.0 Å². The zero-order chi connectivity index (χ0) is 12.1. The Morgan fingerprint density at radius 2 is 1.81 bits per heavy atom. The summed E-state index contributed by atoms with van der Waals surface area (Å²) < 4.78 is 0. The van der Waals surface area contributed by atoms with Gasteiger partial charge in [-0.3, -0.25) is 0 Å². The number of rotatable bonds is 3. The van der Waals surface area contributed by atoms with E-state index in [-0.39, 0.29) is 5.75 Å². The van der Waals surface area contributed by atoms with E-state index >= 15 is 0 Å². The average molecular weight is 224 g/mol. The number of hydrogen-bond acceptors (Lipinski definition) is 3. The number of urea groups is 1. The molecular formula is C10H12N2O4. The number of aliphatic carboxylic acids is 1. The molecule has 0 aromatic heterocycles. The molecule has 6 nitrogen and oxygen atoms in total. The number of benzene rings is 1. The largest absolute Gasteiger partial charge is 0.508 e. The van der Waals surface area contributed by atoms with Gasteiger partial charge in [-0.15, -0.1) is 0 Å². The summed E-state index contributed by atoms with van der Waals surface area (Å²) in [6.07, 6.45) is 0. The third kappa shape index (κ3) is 2.88. The average Bonchev–Trinajstić information content (AvgIpc) is 2.26. The Balaban J connectivity index is 2.89. The summed E-state index contributed by atoms with van der Waals surface area (Å²) in [6.45, 7) is 0. The van der Waals surface area contributed by atoms with Gasteiger partial charge in [0.1, 0.15) is 5.75 Å². The van der Waals surface area contributed by atoms with Gasteiger partial charge in [0.15, 0.2) is 6.04 Å². The monoisotopic (exact) mass is 224 g/mol. The molecule has 4 N–H and O–H groups in total. The Kier molecular flexibility index (Phi) is 3.71. The summed E-state index contributed by atoms with van der Waals surface area (Å²) in [6, 6.07) is 3.86. The van der Waals surface area contributed by atoms with E-state index in [2.05, 4.69) is 10.6 Å². The van der Waals surface area contributed by atoms with E-state index in [9.17, 15) is 9.59 Å². The van der Waals surface area contributed by atoms with Crippen LogP contribution in [0.25, 0.3) is 0 Å². The van der Waals surface area contributed by atoms with Gasteiger partial charge in [-0.1, -0.05) is 12.1 Å². The maximum absolute atomic E-state index is 11.0. The fourth-order valence-electron chi connectivity index (χ4n) is 1.16. The van der Waals surface area contributed by atoms with E-state index in [0.717, 1.165) is 0 Å². The predicted molar refractivity (Wildman–Crippen MR) is 56.1 cm³/mol. The van der Waals surface area contributed by atoms with Crippen LogP contribution in [-0.2, 0) is 4.79 Å². The van der Waals surface area contributed by atoms with Gasteiger partial charge in [-0.05, 0) is 17.7 Å². The Morgan fingerprint density at radius 3 is 2.25 bits per heavy atom. The van der Waals surface area contributed by atoms with E-state index in [1.165, 1.54) is 31.3 Å². The van der Waals surface area contributed by atoms with E-state index in [1.54, 1.807) is 0 Å². The van der Waals surface area contributed by atoms with Crippen LogP contribution < -0.4 is 10.6 Å². The van der Waals surface area contributed by atoms with Gasteiger partial charge in [0.25, 0.3) is 0 Å². The van der Waals surface area contributed by atoms with Crippen molar-refractivity contribution in [1.82, 2.24) is 10.6 Å². The van der Waals surface area contributed by atoms with Crippen molar-refractivity contribution >= 4 is 12.0 Å². The summed E-state index contributed by atoms with van der Waals surface area (Å²) in [4.78, 5) is 22.0. The molecule has 0 heterocycles. The molecule has 0 spiro atoms. The topological polar surface area (TPSA) is 98.7 Å². The van der Waals surface area contributed by atoms with E-state index in [4.69, 9.17) is 10.2 Å². The van der Waals surface area contributed by atoms with Crippen molar-refractivity contribution < 1.29 is 19.8 Å². The third-order valence-corrected chi connectivity index (χ3v) is 1.98. The highest BCUT2D eigenvalue weighted by molar-refractivity contribution is 5.83. The lowest BCUT2D eigenvalue weighted by Crippen LogP contribution is -2.39. The maximum Gasteiger partial charge on any atom is 0.330 e. The lowest BCUT2D eigenvalue weighted by molar-refractivity contribution is -0.139. The minimum atomic E-state index is -1.17. The lowest BCUT2D eigenvalue weighted by Gasteiger charge is -2.14. The Hall–Kier alpha value is -2.24. The van der Waals surface area contributed by atoms with Crippen molar-refractivity contribution in [2.24, 2.45) is 0 Å². The van der Waals surface area contributed by atoms with Gasteiger partial charge in [-0.2, -0.15) is 0 Å². The number of phenols is 1. The highest BCUT2D eigenvalue weighted by atomic mass is 16.4. The quantitative estimate of drug-likeness (QED) is 0.599. The predicted octanol–water partition coefficient (Wildman–Crippen LogP) is 0.447. The van der Waals surface area contributed by atoms with Crippen LogP contribution in [0, 0.1) is 0 Å². The molecular weight excluding hydrogens is 212 g/mol. The molecule has 0 bridgehead atoms. The number of carboxylic acids is 1. The van der Waals surface area contributed by atoms with Crippen LogP contribution in [-0.4, -0.2) is 29.3 Å². The smallest absolute Gasteiger partial charge is 0.330 e. The van der Waals surface area contributed by atoms with E-state index in [1.807, 2.05) is 0 Å². The van der Waals surface area contributed by atoms with Gasteiger partial charge < -0.3 is 20.8 Å². The maximum atomic E-state index is 11.0. The van der Waals surface area contributed by atoms with Crippen LogP contribution >= 0.6 is 0 Å². The molecule has 86 valence electrons. The van der Waals surface area contributed by atoms with Crippen molar-refractivity contribution in [2.45, 2.75) is 6.04 Å².